The predicted octanol–water partition coefficient (Wildman–Crippen LogP) is 4.24. The molecular formula is C20H30O5S. The van der Waals surface area contributed by atoms with E-state index < -0.39 is 15.7 Å². The van der Waals surface area contributed by atoms with E-state index in [4.69, 9.17) is 8.92 Å². The van der Waals surface area contributed by atoms with Gasteiger partial charge in [-0.15, -0.1) is 0 Å². The van der Waals surface area contributed by atoms with Gasteiger partial charge in [0.15, 0.2) is 0 Å². The van der Waals surface area contributed by atoms with Crippen LogP contribution in [0.25, 0.3) is 0 Å². The van der Waals surface area contributed by atoms with Gasteiger partial charge in [-0.2, -0.15) is 8.42 Å². The van der Waals surface area contributed by atoms with E-state index in [2.05, 4.69) is 0 Å². The molecule has 6 heteroatoms. The van der Waals surface area contributed by atoms with Gasteiger partial charge in [0, 0.05) is 0 Å². The van der Waals surface area contributed by atoms with Crippen LogP contribution in [0.3, 0.4) is 0 Å². The molecule has 2 rings (SSSR count). The zero-order valence-electron chi connectivity index (χ0n) is 16.2. The van der Waals surface area contributed by atoms with E-state index in [0.717, 1.165) is 31.2 Å². The van der Waals surface area contributed by atoms with Crippen molar-refractivity contribution in [3.63, 3.8) is 0 Å². The zero-order chi connectivity index (χ0) is 19.4. The Morgan fingerprint density at radius 3 is 2.38 bits per heavy atom. The summed E-state index contributed by atoms with van der Waals surface area (Å²) in [6, 6.07) is 6.64. The van der Waals surface area contributed by atoms with Gasteiger partial charge in [-0.25, -0.2) is 0 Å². The second-order valence-electron chi connectivity index (χ2n) is 8.07. The smallest absolute Gasteiger partial charge is 0.309 e. The average molecular weight is 383 g/mol. The molecule has 0 radical (unpaired) electrons. The van der Waals surface area contributed by atoms with E-state index in [9.17, 15) is 13.2 Å². The Morgan fingerprint density at radius 1 is 1.12 bits per heavy atom. The fraction of sp³-hybridized carbons (Fsp3) is 0.650. The number of aryl methyl sites for hydroxylation is 1. The second kappa shape index (κ2) is 8.53. The molecule has 0 heterocycles. The summed E-state index contributed by atoms with van der Waals surface area (Å²) in [6.45, 7) is 7.74. The lowest BCUT2D eigenvalue weighted by Crippen LogP contribution is -2.25. The molecule has 26 heavy (non-hydrogen) atoms. The third-order valence-electron chi connectivity index (χ3n) is 4.40. The normalized spacial score (nSPS) is 20.0. The van der Waals surface area contributed by atoms with Crippen molar-refractivity contribution in [2.24, 2.45) is 11.8 Å². The topological polar surface area (TPSA) is 69.7 Å². The van der Waals surface area contributed by atoms with Crippen LogP contribution in [-0.2, 0) is 23.8 Å². The lowest BCUT2D eigenvalue weighted by Gasteiger charge is -2.19. The van der Waals surface area contributed by atoms with Crippen molar-refractivity contribution >= 4 is 16.1 Å². The van der Waals surface area contributed by atoms with Gasteiger partial charge in [0.05, 0.1) is 17.4 Å². The van der Waals surface area contributed by atoms with Crippen molar-refractivity contribution in [1.82, 2.24) is 0 Å². The first-order valence-corrected chi connectivity index (χ1v) is 10.7. The molecule has 1 aliphatic rings. The molecule has 0 aromatic heterocycles. The number of ether oxygens (including phenoxy) is 1. The number of hydrogen-bond acceptors (Lipinski definition) is 5. The Bertz CT molecular complexity index is 701. The highest BCUT2D eigenvalue weighted by atomic mass is 32.2. The fourth-order valence-electron chi connectivity index (χ4n) is 2.86. The van der Waals surface area contributed by atoms with Gasteiger partial charge in [0.2, 0.25) is 0 Å². The van der Waals surface area contributed by atoms with Crippen LogP contribution >= 0.6 is 0 Å². The number of benzene rings is 1. The summed E-state index contributed by atoms with van der Waals surface area (Å²) < 4.78 is 34.6. The van der Waals surface area contributed by atoms with E-state index in [0.29, 0.717) is 12.3 Å². The standard InChI is InChI=1S/C20H30O5S/c1-15-9-11-17(12-10-15)26(22,23)24-13-7-5-6-8-16-14-18(16)19(21)25-20(2,3)4/h9-12,16,18H,5-8,13-14H2,1-4H3/t16-,18-/m1/s1. The zero-order valence-corrected chi connectivity index (χ0v) is 17.0. The minimum atomic E-state index is -3.67. The molecule has 1 aromatic rings. The summed E-state index contributed by atoms with van der Waals surface area (Å²) in [4.78, 5) is 12.1. The monoisotopic (exact) mass is 382 g/mol. The maximum absolute atomic E-state index is 12.1. The molecule has 0 aliphatic heterocycles. The molecule has 0 spiro atoms. The molecule has 146 valence electrons. The van der Waals surface area contributed by atoms with Crippen LogP contribution in [0.1, 0.15) is 58.4 Å². The lowest BCUT2D eigenvalue weighted by molar-refractivity contribution is -0.156. The van der Waals surface area contributed by atoms with Gasteiger partial charge in [0.1, 0.15) is 5.60 Å². The Morgan fingerprint density at radius 2 is 1.77 bits per heavy atom. The van der Waals surface area contributed by atoms with Crippen LogP contribution in [0, 0.1) is 18.8 Å². The summed E-state index contributed by atoms with van der Waals surface area (Å²) in [7, 11) is -3.67. The summed E-state index contributed by atoms with van der Waals surface area (Å²) in [5.74, 6) is 0.379. The maximum atomic E-state index is 12.1. The van der Waals surface area contributed by atoms with E-state index in [-0.39, 0.29) is 23.4 Å². The van der Waals surface area contributed by atoms with Gasteiger partial charge in [-0.1, -0.05) is 30.5 Å². The van der Waals surface area contributed by atoms with Crippen LogP contribution in [0.15, 0.2) is 29.2 Å². The van der Waals surface area contributed by atoms with Crippen molar-refractivity contribution in [1.29, 1.82) is 0 Å². The number of hydrogen-bond donors (Lipinski definition) is 0. The van der Waals surface area contributed by atoms with Gasteiger partial charge in [-0.3, -0.25) is 8.98 Å². The highest BCUT2D eigenvalue weighted by molar-refractivity contribution is 7.86. The van der Waals surface area contributed by atoms with Crippen LogP contribution in [0.5, 0.6) is 0 Å². The average Bonchev–Trinajstić information content (AvgIpc) is 3.29. The number of esters is 1. The van der Waals surface area contributed by atoms with Gasteiger partial charge in [-0.05, 0) is 65.0 Å². The summed E-state index contributed by atoms with van der Waals surface area (Å²) in [5, 5.41) is 0. The van der Waals surface area contributed by atoms with E-state index in [1.54, 1.807) is 24.3 Å². The molecule has 0 unspecified atom stereocenters. The van der Waals surface area contributed by atoms with Crippen LogP contribution in [0.2, 0.25) is 0 Å². The molecule has 1 fully saturated rings. The Labute approximate surface area is 157 Å². The molecular weight excluding hydrogens is 352 g/mol. The van der Waals surface area contributed by atoms with Crippen LogP contribution in [-0.4, -0.2) is 26.6 Å². The van der Waals surface area contributed by atoms with Crippen molar-refractivity contribution < 1.29 is 22.1 Å². The lowest BCUT2D eigenvalue weighted by atomic mass is 10.1. The minimum absolute atomic E-state index is 0.0485. The third-order valence-corrected chi connectivity index (χ3v) is 5.73. The first kappa shape index (κ1) is 20.9. The van der Waals surface area contributed by atoms with E-state index in [1.807, 2.05) is 27.7 Å². The van der Waals surface area contributed by atoms with Crippen molar-refractivity contribution in [2.75, 3.05) is 6.61 Å². The Balaban J connectivity index is 1.59. The summed E-state index contributed by atoms with van der Waals surface area (Å²) in [5.41, 5.74) is 0.582. The fourth-order valence-corrected chi connectivity index (χ4v) is 3.80. The number of rotatable bonds is 9. The highest BCUT2D eigenvalue weighted by Gasteiger charge is 2.44. The number of carbonyl (C=O) groups excluding carboxylic acids is 1. The van der Waals surface area contributed by atoms with Crippen LogP contribution < -0.4 is 0 Å². The van der Waals surface area contributed by atoms with Crippen molar-refractivity contribution in [2.45, 2.75) is 70.3 Å². The van der Waals surface area contributed by atoms with E-state index in [1.165, 1.54) is 0 Å². The predicted molar refractivity (Wildman–Crippen MR) is 100 cm³/mol. The summed E-state index contributed by atoms with van der Waals surface area (Å²) >= 11 is 0. The van der Waals surface area contributed by atoms with Gasteiger partial charge < -0.3 is 4.74 Å². The van der Waals surface area contributed by atoms with Crippen molar-refractivity contribution in [3.8, 4) is 0 Å². The summed E-state index contributed by atoms with van der Waals surface area (Å²) in [6.07, 6.45) is 4.44. The minimum Gasteiger partial charge on any atom is -0.460 e. The molecule has 2 atom stereocenters. The number of carbonyl (C=O) groups is 1. The second-order valence-corrected chi connectivity index (χ2v) is 9.69. The van der Waals surface area contributed by atoms with Crippen LogP contribution in [0.4, 0.5) is 0 Å². The molecule has 0 N–H and O–H groups in total. The molecule has 1 aliphatic carbocycles. The third kappa shape index (κ3) is 6.72. The molecule has 0 bridgehead atoms. The SMILES string of the molecule is Cc1ccc(S(=O)(=O)OCCCCC[C@@H]2C[C@H]2C(=O)OC(C)(C)C)cc1. The molecule has 1 saturated carbocycles. The number of unbranched alkanes of at least 4 members (excludes halogenated alkanes) is 2. The molecule has 0 amide bonds. The maximum Gasteiger partial charge on any atom is 0.309 e. The molecule has 5 nitrogen and oxygen atoms in total. The van der Waals surface area contributed by atoms with Gasteiger partial charge >= 0.3 is 5.97 Å². The Hall–Kier alpha value is -1.40. The molecule has 0 saturated heterocycles. The van der Waals surface area contributed by atoms with Crippen molar-refractivity contribution in [3.05, 3.63) is 29.8 Å². The van der Waals surface area contributed by atoms with Gasteiger partial charge in [0.25, 0.3) is 10.1 Å². The largest absolute Gasteiger partial charge is 0.460 e. The quantitative estimate of drug-likeness (QED) is 0.363. The highest BCUT2D eigenvalue weighted by Crippen LogP contribution is 2.43. The van der Waals surface area contributed by atoms with E-state index >= 15 is 0 Å². The first-order chi connectivity index (χ1) is 12.1. The molecule has 1 aromatic carbocycles. The Kier molecular flexibility index (Phi) is 6.86. The first-order valence-electron chi connectivity index (χ1n) is 9.27.